The fourth-order valence-corrected chi connectivity index (χ4v) is 2.47. The first-order valence-corrected chi connectivity index (χ1v) is 4.12. The Balaban J connectivity index is 2.05. The van der Waals surface area contributed by atoms with Crippen molar-refractivity contribution in [3.05, 3.63) is 0 Å². The van der Waals surface area contributed by atoms with Gasteiger partial charge < -0.3 is 9.84 Å². The molecule has 0 radical (unpaired) electrons. The first-order chi connectivity index (χ1) is 5.20. The quantitative estimate of drug-likeness (QED) is 0.591. The van der Waals surface area contributed by atoms with Gasteiger partial charge in [0.25, 0.3) is 0 Å². The normalized spacial score (nSPS) is 40.9. The maximum absolute atomic E-state index is 10.3. The number of hydrogen-bond donors (Lipinski definition) is 1. The van der Waals surface area contributed by atoms with Crippen molar-refractivity contribution in [1.82, 2.24) is 0 Å². The Hall–Kier alpha value is -0.730. The molecule has 0 aromatic heterocycles. The van der Waals surface area contributed by atoms with Crippen LogP contribution < -0.4 is 0 Å². The zero-order valence-electron chi connectivity index (χ0n) is 6.38. The van der Waals surface area contributed by atoms with Gasteiger partial charge in [-0.05, 0) is 38.0 Å². The average molecular weight is 156 g/mol. The minimum Gasteiger partial charge on any atom is -0.450 e. The van der Waals surface area contributed by atoms with E-state index in [9.17, 15) is 4.79 Å². The summed E-state index contributed by atoms with van der Waals surface area (Å²) < 4.78 is 4.91. The Morgan fingerprint density at radius 1 is 1.45 bits per heavy atom. The third kappa shape index (κ3) is 1.08. The highest BCUT2D eigenvalue weighted by molar-refractivity contribution is 5.57. The molecule has 2 aliphatic rings. The van der Waals surface area contributed by atoms with E-state index in [-0.39, 0.29) is 5.60 Å². The van der Waals surface area contributed by atoms with Crippen LogP contribution in [0.5, 0.6) is 0 Å². The molecule has 0 aromatic carbocycles. The molecule has 2 rings (SSSR count). The fraction of sp³-hybridized carbons (Fsp3) is 0.875. The second kappa shape index (κ2) is 2.13. The summed E-state index contributed by atoms with van der Waals surface area (Å²) in [5.41, 5.74) is -0.267. The molecule has 3 nitrogen and oxygen atoms in total. The van der Waals surface area contributed by atoms with Crippen LogP contribution in [0, 0.1) is 5.92 Å². The Bertz CT molecular complexity index is 180. The molecule has 0 spiro atoms. The Morgan fingerprint density at radius 3 is 2.45 bits per heavy atom. The number of hydrogen-bond acceptors (Lipinski definition) is 2. The van der Waals surface area contributed by atoms with E-state index < -0.39 is 6.16 Å². The van der Waals surface area contributed by atoms with Crippen LogP contribution in [-0.2, 0) is 4.74 Å². The molecular formula is C8H12O3. The number of carbonyl (C=O) groups is 1. The average Bonchev–Trinajstić information content (AvgIpc) is 2.43. The van der Waals surface area contributed by atoms with Crippen LogP contribution in [0.25, 0.3) is 0 Å². The van der Waals surface area contributed by atoms with Crippen molar-refractivity contribution in [1.29, 1.82) is 0 Å². The Morgan fingerprint density at radius 2 is 2.09 bits per heavy atom. The lowest BCUT2D eigenvalue weighted by Crippen LogP contribution is -2.29. The largest absolute Gasteiger partial charge is 0.506 e. The van der Waals surface area contributed by atoms with Gasteiger partial charge in [-0.2, -0.15) is 0 Å². The Labute approximate surface area is 65.4 Å². The Kier molecular flexibility index (Phi) is 1.34. The summed E-state index contributed by atoms with van der Waals surface area (Å²) in [5, 5.41) is 8.47. The van der Waals surface area contributed by atoms with Crippen molar-refractivity contribution in [3.63, 3.8) is 0 Å². The lowest BCUT2D eigenvalue weighted by Gasteiger charge is -2.24. The summed E-state index contributed by atoms with van der Waals surface area (Å²) in [4.78, 5) is 10.3. The van der Waals surface area contributed by atoms with E-state index >= 15 is 0 Å². The number of carboxylic acid groups (broad SMARTS) is 1. The third-order valence-electron chi connectivity index (χ3n) is 2.98. The van der Waals surface area contributed by atoms with Gasteiger partial charge in [0.1, 0.15) is 5.60 Å². The molecule has 62 valence electrons. The van der Waals surface area contributed by atoms with Crippen LogP contribution in [0.4, 0.5) is 4.79 Å². The van der Waals surface area contributed by atoms with Crippen molar-refractivity contribution >= 4 is 6.16 Å². The molecule has 2 aliphatic carbocycles. The minimum atomic E-state index is -1.10. The van der Waals surface area contributed by atoms with Crippen LogP contribution in [-0.4, -0.2) is 16.9 Å². The summed E-state index contributed by atoms with van der Waals surface area (Å²) in [5.74, 6) is 0.745. The van der Waals surface area contributed by atoms with Crippen molar-refractivity contribution in [2.45, 2.75) is 37.7 Å². The zero-order valence-corrected chi connectivity index (χ0v) is 6.38. The smallest absolute Gasteiger partial charge is 0.450 e. The highest BCUT2D eigenvalue weighted by atomic mass is 16.7. The second-order valence-corrected chi connectivity index (χ2v) is 3.70. The molecule has 0 saturated heterocycles. The third-order valence-corrected chi connectivity index (χ3v) is 2.98. The second-order valence-electron chi connectivity index (χ2n) is 3.70. The van der Waals surface area contributed by atoms with Gasteiger partial charge in [0.15, 0.2) is 0 Å². The molecule has 0 aromatic rings. The van der Waals surface area contributed by atoms with E-state index in [1.807, 2.05) is 0 Å². The van der Waals surface area contributed by atoms with Crippen LogP contribution in [0.1, 0.15) is 32.1 Å². The van der Waals surface area contributed by atoms with Crippen LogP contribution in [0.15, 0.2) is 0 Å². The number of ether oxygens (including phenoxy) is 1. The number of fused-ring (bicyclic) bond motifs is 2. The van der Waals surface area contributed by atoms with E-state index in [2.05, 4.69) is 0 Å². The monoisotopic (exact) mass is 156 g/mol. The minimum absolute atomic E-state index is 0.267. The predicted molar refractivity (Wildman–Crippen MR) is 38.4 cm³/mol. The van der Waals surface area contributed by atoms with Gasteiger partial charge in [0.2, 0.25) is 0 Å². The highest BCUT2D eigenvalue weighted by Gasteiger charge is 2.47. The molecular weight excluding hydrogens is 144 g/mol. The van der Waals surface area contributed by atoms with E-state index in [4.69, 9.17) is 9.84 Å². The van der Waals surface area contributed by atoms with E-state index in [1.165, 1.54) is 0 Å². The topological polar surface area (TPSA) is 46.5 Å². The van der Waals surface area contributed by atoms with Crippen LogP contribution in [0.3, 0.4) is 0 Å². The molecule has 3 heteroatoms. The van der Waals surface area contributed by atoms with Crippen molar-refractivity contribution in [2.24, 2.45) is 5.92 Å². The summed E-state index contributed by atoms with van der Waals surface area (Å²) in [7, 11) is 0. The highest BCUT2D eigenvalue weighted by Crippen LogP contribution is 2.49. The van der Waals surface area contributed by atoms with Gasteiger partial charge in [-0.25, -0.2) is 4.79 Å². The van der Waals surface area contributed by atoms with Crippen LogP contribution in [0.2, 0.25) is 0 Å². The van der Waals surface area contributed by atoms with Gasteiger partial charge in [-0.1, -0.05) is 0 Å². The fourth-order valence-electron chi connectivity index (χ4n) is 2.47. The van der Waals surface area contributed by atoms with Gasteiger partial charge in [-0.15, -0.1) is 0 Å². The molecule has 2 fully saturated rings. The molecule has 2 saturated carbocycles. The van der Waals surface area contributed by atoms with Crippen LogP contribution >= 0.6 is 0 Å². The first kappa shape index (κ1) is 6.95. The summed E-state index contributed by atoms with van der Waals surface area (Å²) >= 11 is 0. The van der Waals surface area contributed by atoms with E-state index in [0.717, 1.165) is 38.0 Å². The molecule has 1 N–H and O–H groups in total. The summed E-state index contributed by atoms with van der Waals surface area (Å²) in [6.45, 7) is 0. The SMILES string of the molecule is O=C(O)OC12CCC(CC1)C2. The van der Waals surface area contributed by atoms with E-state index in [0.29, 0.717) is 0 Å². The molecule has 11 heavy (non-hydrogen) atoms. The van der Waals surface area contributed by atoms with Gasteiger partial charge >= 0.3 is 6.16 Å². The number of rotatable bonds is 1. The maximum Gasteiger partial charge on any atom is 0.506 e. The van der Waals surface area contributed by atoms with Crippen molar-refractivity contribution in [2.75, 3.05) is 0 Å². The molecule has 0 unspecified atom stereocenters. The molecule has 0 amide bonds. The van der Waals surface area contributed by atoms with E-state index in [1.54, 1.807) is 0 Å². The van der Waals surface area contributed by atoms with Crippen molar-refractivity contribution < 1.29 is 14.6 Å². The zero-order chi connectivity index (χ0) is 7.90. The lowest BCUT2D eigenvalue weighted by molar-refractivity contribution is -0.0121. The molecule has 2 bridgehead atoms. The van der Waals surface area contributed by atoms with Gasteiger partial charge in [-0.3, -0.25) is 0 Å². The molecule has 0 heterocycles. The lowest BCUT2D eigenvalue weighted by atomic mass is 9.97. The maximum atomic E-state index is 10.3. The summed E-state index contributed by atoms with van der Waals surface area (Å²) in [6.07, 6.45) is 4.08. The predicted octanol–water partition coefficient (Wildman–Crippen LogP) is 2.01. The van der Waals surface area contributed by atoms with Crippen molar-refractivity contribution in [3.8, 4) is 0 Å². The standard InChI is InChI=1S/C8H12O3/c9-7(10)11-8-3-1-6(5-8)2-4-8/h6H,1-5H2,(H,9,10). The first-order valence-electron chi connectivity index (χ1n) is 4.12. The molecule has 0 aliphatic heterocycles. The van der Waals surface area contributed by atoms with Gasteiger partial charge in [0.05, 0.1) is 0 Å². The van der Waals surface area contributed by atoms with Gasteiger partial charge in [0, 0.05) is 0 Å². The summed E-state index contributed by atoms with van der Waals surface area (Å²) in [6, 6.07) is 0. The molecule has 0 atom stereocenters.